The summed E-state index contributed by atoms with van der Waals surface area (Å²) in [4.78, 5) is 0. The standard InChI is InChI=1S/C21H38/c1-3-4-14-21(15-8-5-9-16-21)17(2)19-13-12-18-10-6-7-11-20(18)19/h17-20H,3-16H2,1-2H3. The van der Waals surface area contributed by atoms with E-state index in [-0.39, 0.29) is 0 Å². The maximum absolute atomic E-state index is 2.68. The largest absolute Gasteiger partial charge is 0.0654 e. The molecule has 0 aromatic heterocycles. The second-order valence-electron chi connectivity index (χ2n) is 8.76. The second-order valence-corrected chi connectivity index (χ2v) is 8.76. The van der Waals surface area contributed by atoms with Crippen LogP contribution in [0.2, 0.25) is 0 Å². The molecular weight excluding hydrogens is 252 g/mol. The van der Waals surface area contributed by atoms with E-state index >= 15 is 0 Å². The van der Waals surface area contributed by atoms with E-state index in [1.807, 2.05) is 0 Å². The average Bonchev–Trinajstić information content (AvgIpc) is 2.97. The second kappa shape index (κ2) is 7.05. The first-order valence-corrected chi connectivity index (χ1v) is 10.3. The predicted molar refractivity (Wildman–Crippen MR) is 92.4 cm³/mol. The molecule has 3 aliphatic rings. The Labute approximate surface area is 133 Å². The van der Waals surface area contributed by atoms with Gasteiger partial charge in [-0.3, -0.25) is 0 Å². The molecular formula is C21H38. The summed E-state index contributed by atoms with van der Waals surface area (Å²) < 4.78 is 0. The lowest BCUT2D eigenvalue weighted by Crippen LogP contribution is -2.38. The molecule has 0 radical (unpaired) electrons. The van der Waals surface area contributed by atoms with Gasteiger partial charge >= 0.3 is 0 Å². The van der Waals surface area contributed by atoms with Crippen molar-refractivity contribution < 1.29 is 0 Å². The van der Waals surface area contributed by atoms with Gasteiger partial charge in [-0.25, -0.2) is 0 Å². The molecule has 0 aliphatic heterocycles. The van der Waals surface area contributed by atoms with Gasteiger partial charge in [0.05, 0.1) is 0 Å². The van der Waals surface area contributed by atoms with Crippen molar-refractivity contribution in [1.29, 1.82) is 0 Å². The quantitative estimate of drug-likeness (QED) is 0.512. The van der Waals surface area contributed by atoms with Crippen LogP contribution in [-0.4, -0.2) is 0 Å². The zero-order chi connectivity index (χ0) is 14.7. The molecule has 3 rings (SSSR count). The minimum absolute atomic E-state index is 0.741. The Morgan fingerprint density at radius 3 is 2.43 bits per heavy atom. The molecule has 4 atom stereocenters. The Balaban J connectivity index is 1.72. The Morgan fingerprint density at radius 2 is 1.67 bits per heavy atom. The monoisotopic (exact) mass is 290 g/mol. The van der Waals surface area contributed by atoms with Gasteiger partial charge in [-0.15, -0.1) is 0 Å². The Kier molecular flexibility index (Phi) is 5.33. The lowest BCUT2D eigenvalue weighted by molar-refractivity contribution is 0.0283. The summed E-state index contributed by atoms with van der Waals surface area (Å²) in [5.41, 5.74) is 0.741. The van der Waals surface area contributed by atoms with Gasteiger partial charge in [-0.1, -0.05) is 65.2 Å². The zero-order valence-electron chi connectivity index (χ0n) is 14.7. The molecule has 0 N–H and O–H groups in total. The van der Waals surface area contributed by atoms with Crippen LogP contribution in [0.25, 0.3) is 0 Å². The summed E-state index contributed by atoms with van der Waals surface area (Å²) >= 11 is 0. The molecule has 3 fully saturated rings. The van der Waals surface area contributed by atoms with Gasteiger partial charge in [-0.2, -0.15) is 0 Å². The average molecular weight is 291 g/mol. The Bertz CT molecular complexity index is 312. The van der Waals surface area contributed by atoms with Crippen molar-refractivity contribution in [3.05, 3.63) is 0 Å². The van der Waals surface area contributed by atoms with Crippen LogP contribution in [0.15, 0.2) is 0 Å². The van der Waals surface area contributed by atoms with Crippen LogP contribution < -0.4 is 0 Å². The fourth-order valence-corrected chi connectivity index (χ4v) is 6.57. The van der Waals surface area contributed by atoms with Crippen molar-refractivity contribution in [1.82, 2.24) is 0 Å². The van der Waals surface area contributed by atoms with Crippen molar-refractivity contribution in [2.45, 2.75) is 104 Å². The third kappa shape index (κ3) is 3.20. The van der Waals surface area contributed by atoms with Gasteiger partial charge in [0.15, 0.2) is 0 Å². The lowest BCUT2D eigenvalue weighted by atomic mass is 9.58. The number of fused-ring (bicyclic) bond motifs is 1. The van der Waals surface area contributed by atoms with E-state index in [4.69, 9.17) is 0 Å². The number of hydrogen-bond donors (Lipinski definition) is 0. The Hall–Kier alpha value is 0. The smallest absolute Gasteiger partial charge is 0.0269 e. The molecule has 3 aliphatic carbocycles. The molecule has 0 spiro atoms. The fraction of sp³-hybridized carbons (Fsp3) is 1.00. The molecule has 0 bridgehead atoms. The maximum atomic E-state index is 2.68. The molecule has 0 heteroatoms. The van der Waals surface area contributed by atoms with E-state index < -0.39 is 0 Å². The van der Waals surface area contributed by atoms with Crippen LogP contribution in [0.4, 0.5) is 0 Å². The normalized spacial score (nSPS) is 37.1. The first kappa shape index (κ1) is 15.9. The van der Waals surface area contributed by atoms with E-state index in [0.717, 1.165) is 29.1 Å². The van der Waals surface area contributed by atoms with Gasteiger partial charge in [0, 0.05) is 0 Å². The molecule has 3 saturated carbocycles. The minimum atomic E-state index is 0.741. The highest BCUT2D eigenvalue weighted by molar-refractivity contribution is 4.97. The number of rotatable bonds is 5. The van der Waals surface area contributed by atoms with Gasteiger partial charge in [0.25, 0.3) is 0 Å². The van der Waals surface area contributed by atoms with Gasteiger partial charge in [0.2, 0.25) is 0 Å². The summed E-state index contributed by atoms with van der Waals surface area (Å²) in [6.07, 6.45) is 21.4. The maximum Gasteiger partial charge on any atom is -0.0269 e. The topological polar surface area (TPSA) is 0 Å². The molecule has 21 heavy (non-hydrogen) atoms. The van der Waals surface area contributed by atoms with E-state index in [1.165, 1.54) is 44.9 Å². The summed E-state index contributed by atoms with van der Waals surface area (Å²) in [7, 11) is 0. The van der Waals surface area contributed by atoms with Gasteiger partial charge in [0.1, 0.15) is 0 Å². The highest BCUT2D eigenvalue weighted by Crippen LogP contribution is 2.56. The minimum Gasteiger partial charge on any atom is -0.0654 e. The van der Waals surface area contributed by atoms with Gasteiger partial charge < -0.3 is 0 Å². The third-order valence-corrected chi connectivity index (χ3v) is 7.87. The van der Waals surface area contributed by atoms with Crippen LogP contribution >= 0.6 is 0 Å². The highest BCUT2D eigenvalue weighted by atomic mass is 14.5. The van der Waals surface area contributed by atoms with E-state index in [2.05, 4.69) is 13.8 Å². The molecule has 0 amide bonds. The van der Waals surface area contributed by atoms with Crippen LogP contribution in [0, 0.1) is 29.1 Å². The van der Waals surface area contributed by atoms with Crippen LogP contribution in [0.3, 0.4) is 0 Å². The zero-order valence-corrected chi connectivity index (χ0v) is 14.7. The summed E-state index contributed by atoms with van der Waals surface area (Å²) in [6, 6.07) is 0. The molecule has 122 valence electrons. The van der Waals surface area contributed by atoms with Crippen molar-refractivity contribution in [3.63, 3.8) is 0 Å². The first-order chi connectivity index (χ1) is 10.3. The van der Waals surface area contributed by atoms with Crippen molar-refractivity contribution in [3.8, 4) is 0 Å². The molecule has 4 unspecified atom stereocenters. The van der Waals surface area contributed by atoms with Crippen molar-refractivity contribution >= 4 is 0 Å². The summed E-state index contributed by atoms with van der Waals surface area (Å²) in [5, 5.41) is 0. The van der Waals surface area contributed by atoms with E-state index in [9.17, 15) is 0 Å². The molecule has 0 aromatic carbocycles. The molecule has 0 heterocycles. The van der Waals surface area contributed by atoms with Crippen LogP contribution in [0.5, 0.6) is 0 Å². The van der Waals surface area contributed by atoms with Crippen LogP contribution in [-0.2, 0) is 0 Å². The SMILES string of the molecule is CCCCC1(C(C)C2CCC3CCCCC32)CCCCC1. The first-order valence-electron chi connectivity index (χ1n) is 10.3. The van der Waals surface area contributed by atoms with Crippen molar-refractivity contribution in [2.75, 3.05) is 0 Å². The molecule has 0 saturated heterocycles. The number of unbranched alkanes of at least 4 members (excludes halogenated alkanes) is 1. The summed E-state index contributed by atoms with van der Waals surface area (Å²) in [6.45, 7) is 5.07. The predicted octanol–water partition coefficient (Wildman–Crippen LogP) is 6.98. The fourth-order valence-electron chi connectivity index (χ4n) is 6.57. The molecule has 0 aromatic rings. The summed E-state index contributed by atoms with van der Waals surface area (Å²) in [5.74, 6) is 4.34. The number of hydrogen-bond acceptors (Lipinski definition) is 0. The van der Waals surface area contributed by atoms with Crippen molar-refractivity contribution in [2.24, 2.45) is 29.1 Å². The Morgan fingerprint density at radius 1 is 0.905 bits per heavy atom. The highest BCUT2D eigenvalue weighted by Gasteiger charge is 2.46. The lowest BCUT2D eigenvalue weighted by Gasteiger charge is -2.47. The van der Waals surface area contributed by atoms with E-state index in [0.29, 0.717) is 0 Å². The van der Waals surface area contributed by atoms with Gasteiger partial charge in [-0.05, 0) is 67.6 Å². The van der Waals surface area contributed by atoms with Crippen LogP contribution in [0.1, 0.15) is 104 Å². The third-order valence-electron chi connectivity index (χ3n) is 7.87. The van der Waals surface area contributed by atoms with E-state index in [1.54, 1.807) is 44.9 Å². The molecule has 0 nitrogen and oxygen atoms in total.